The molecule has 0 saturated heterocycles. The van der Waals surface area contributed by atoms with Crippen molar-refractivity contribution in [2.24, 2.45) is 0 Å². The van der Waals surface area contributed by atoms with E-state index in [1.165, 1.54) is 43.3 Å². The molecule has 5 heterocycles. The van der Waals surface area contributed by atoms with Crippen molar-refractivity contribution in [2.45, 2.75) is 38.2 Å². The van der Waals surface area contributed by atoms with Gasteiger partial charge in [0.25, 0.3) is 5.89 Å². The van der Waals surface area contributed by atoms with Crippen LogP contribution >= 0.6 is 0 Å². The predicted molar refractivity (Wildman–Crippen MR) is 104 cm³/mol. The van der Waals surface area contributed by atoms with Crippen molar-refractivity contribution in [3.63, 3.8) is 0 Å². The molecule has 0 fully saturated rings. The smallest absolute Gasteiger partial charge is 0.413 e. The first-order valence-electron chi connectivity index (χ1n) is 9.96. The van der Waals surface area contributed by atoms with E-state index in [4.69, 9.17) is 4.42 Å². The Balaban J connectivity index is 1.61. The molecule has 0 aliphatic carbocycles. The molecule has 1 unspecified atom stereocenters. The van der Waals surface area contributed by atoms with E-state index in [9.17, 15) is 22.4 Å². The average molecular weight is 463 g/mol. The number of hydrogen-bond acceptors (Lipinski definition) is 6. The quantitative estimate of drug-likeness (QED) is 0.467. The minimum absolute atomic E-state index is 0.176. The number of nitrogens with one attached hydrogen (secondary N) is 1. The molecule has 172 valence electrons. The second-order valence-electron chi connectivity index (χ2n) is 8.12. The highest BCUT2D eigenvalue weighted by Crippen LogP contribution is 2.36. The number of imidazole rings is 1. The lowest BCUT2D eigenvalue weighted by Gasteiger charge is -2.32. The molecule has 33 heavy (non-hydrogen) atoms. The van der Waals surface area contributed by atoms with Crippen LogP contribution in [0.1, 0.15) is 59.2 Å². The number of nitrogens with zero attached hydrogens (tertiary/aromatic N) is 6. The van der Waals surface area contributed by atoms with Gasteiger partial charge in [-0.1, -0.05) is 6.07 Å². The molecule has 1 atom stereocenters. The molecule has 5 rings (SSSR count). The van der Waals surface area contributed by atoms with Gasteiger partial charge >= 0.3 is 18.0 Å². The SMILES string of the molecule is CC(C)(F)c1nnc(C(=O)N2CCc3[nH]cnc3C2c2cc3cccc(C(F)(F)F)n3n2)o1. The molecule has 0 spiro atoms. The van der Waals surface area contributed by atoms with Crippen molar-refractivity contribution < 1.29 is 26.8 Å². The van der Waals surface area contributed by atoms with Crippen molar-refractivity contribution in [3.8, 4) is 0 Å². The lowest BCUT2D eigenvalue weighted by atomic mass is 9.99. The summed E-state index contributed by atoms with van der Waals surface area (Å²) in [5.74, 6) is -1.49. The standard InChI is InChI=1S/C20H17F4N7O2/c1-19(2,21)18-28-27-16(33-18)17(32)30-7-6-11-14(26-9-25-11)15(30)12-8-10-4-3-5-13(20(22,23)24)31(10)29-12/h3-5,8-9,15H,6-7H2,1-2H3,(H,25,26). The number of H-pyrrole nitrogens is 1. The third-order valence-corrected chi connectivity index (χ3v) is 5.38. The Labute approximate surface area is 183 Å². The van der Waals surface area contributed by atoms with Crippen LogP contribution in [0.2, 0.25) is 0 Å². The number of carbonyl (C=O) groups excluding carboxylic acids is 1. The zero-order valence-electron chi connectivity index (χ0n) is 17.4. The van der Waals surface area contributed by atoms with Gasteiger partial charge in [0, 0.05) is 18.7 Å². The van der Waals surface area contributed by atoms with Crippen LogP contribution in [0, 0.1) is 0 Å². The Morgan fingerprint density at radius 2 is 2.00 bits per heavy atom. The van der Waals surface area contributed by atoms with E-state index in [2.05, 4.69) is 25.3 Å². The zero-order chi connectivity index (χ0) is 23.5. The molecule has 0 saturated carbocycles. The fourth-order valence-electron chi connectivity index (χ4n) is 3.85. The fraction of sp³-hybridized carbons (Fsp3) is 0.350. The van der Waals surface area contributed by atoms with Crippen LogP contribution < -0.4 is 0 Å². The number of fused-ring (bicyclic) bond motifs is 2. The normalized spacial score (nSPS) is 16.9. The summed E-state index contributed by atoms with van der Waals surface area (Å²) in [6.45, 7) is 2.60. The number of carbonyl (C=O) groups is 1. The van der Waals surface area contributed by atoms with Crippen LogP contribution in [0.25, 0.3) is 5.52 Å². The van der Waals surface area contributed by atoms with Crippen LogP contribution in [0.15, 0.2) is 35.0 Å². The number of aromatic amines is 1. The van der Waals surface area contributed by atoms with Gasteiger partial charge in [-0.15, -0.1) is 10.2 Å². The van der Waals surface area contributed by atoms with Gasteiger partial charge in [0.15, 0.2) is 5.67 Å². The number of amides is 1. The van der Waals surface area contributed by atoms with Crippen molar-refractivity contribution in [2.75, 3.05) is 6.54 Å². The van der Waals surface area contributed by atoms with Gasteiger partial charge in [-0.2, -0.15) is 18.3 Å². The summed E-state index contributed by atoms with van der Waals surface area (Å²) in [5, 5.41) is 11.4. The van der Waals surface area contributed by atoms with Gasteiger partial charge in [0.2, 0.25) is 0 Å². The summed E-state index contributed by atoms with van der Waals surface area (Å²) in [4.78, 5) is 21.9. The maximum Gasteiger partial charge on any atom is 0.433 e. The van der Waals surface area contributed by atoms with E-state index in [1.54, 1.807) is 0 Å². The van der Waals surface area contributed by atoms with Gasteiger partial charge in [-0.3, -0.25) is 4.79 Å². The molecule has 1 amide bonds. The highest BCUT2D eigenvalue weighted by molar-refractivity contribution is 5.90. The molecule has 1 aliphatic heterocycles. The molecule has 13 heteroatoms. The third kappa shape index (κ3) is 3.52. The summed E-state index contributed by atoms with van der Waals surface area (Å²) in [7, 11) is 0. The van der Waals surface area contributed by atoms with Crippen molar-refractivity contribution in [1.29, 1.82) is 0 Å². The molecule has 1 aliphatic rings. The number of halogens is 4. The first kappa shape index (κ1) is 21.1. The van der Waals surface area contributed by atoms with E-state index in [1.807, 2.05) is 0 Å². The van der Waals surface area contributed by atoms with Gasteiger partial charge in [0.1, 0.15) is 11.7 Å². The highest BCUT2D eigenvalue weighted by atomic mass is 19.4. The molecule has 0 radical (unpaired) electrons. The Hall–Kier alpha value is -3.77. The molecule has 9 nitrogen and oxygen atoms in total. The van der Waals surface area contributed by atoms with E-state index >= 15 is 0 Å². The number of aromatic nitrogens is 6. The topological polar surface area (TPSA) is 105 Å². The third-order valence-electron chi connectivity index (χ3n) is 5.38. The fourth-order valence-corrected chi connectivity index (χ4v) is 3.85. The summed E-state index contributed by atoms with van der Waals surface area (Å²) >= 11 is 0. The van der Waals surface area contributed by atoms with E-state index in [0.717, 1.165) is 16.3 Å². The molecular weight excluding hydrogens is 446 g/mol. The van der Waals surface area contributed by atoms with Gasteiger partial charge in [-0.25, -0.2) is 13.9 Å². The zero-order valence-corrected chi connectivity index (χ0v) is 17.4. The second-order valence-corrected chi connectivity index (χ2v) is 8.12. The lowest BCUT2D eigenvalue weighted by molar-refractivity contribution is -0.142. The Morgan fingerprint density at radius 1 is 1.21 bits per heavy atom. The first-order chi connectivity index (χ1) is 15.5. The lowest BCUT2D eigenvalue weighted by Crippen LogP contribution is -2.41. The Kier molecular flexibility index (Phi) is 4.55. The van der Waals surface area contributed by atoms with Gasteiger partial charge in [0.05, 0.1) is 23.2 Å². The largest absolute Gasteiger partial charge is 0.433 e. The number of pyridine rings is 1. The highest BCUT2D eigenvalue weighted by Gasteiger charge is 2.40. The van der Waals surface area contributed by atoms with Gasteiger partial charge in [-0.05, 0) is 32.0 Å². The predicted octanol–water partition coefficient (Wildman–Crippen LogP) is 3.45. The summed E-state index contributed by atoms with van der Waals surface area (Å²) in [6, 6.07) is 4.24. The van der Waals surface area contributed by atoms with E-state index in [0.29, 0.717) is 12.1 Å². The van der Waals surface area contributed by atoms with Gasteiger partial charge < -0.3 is 14.3 Å². The Morgan fingerprint density at radius 3 is 2.70 bits per heavy atom. The first-order valence-corrected chi connectivity index (χ1v) is 9.96. The van der Waals surface area contributed by atoms with Crippen molar-refractivity contribution >= 4 is 11.4 Å². The monoisotopic (exact) mass is 463 g/mol. The van der Waals surface area contributed by atoms with Crippen LogP contribution in [-0.4, -0.2) is 47.1 Å². The molecule has 4 aromatic rings. The maximum atomic E-state index is 14.1. The molecule has 0 aromatic carbocycles. The number of rotatable bonds is 3. The Bertz CT molecular complexity index is 1350. The minimum Gasteiger partial charge on any atom is -0.413 e. The molecule has 4 aromatic heterocycles. The van der Waals surface area contributed by atoms with Crippen LogP contribution in [0.4, 0.5) is 17.6 Å². The van der Waals surface area contributed by atoms with Crippen LogP contribution in [0.5, 0.6) is 0 Å². The van der Waals surface area contributed by atoms with Crippen LogP contribution in [0.3, 0.4) is 0 Å². The van der Waals surface area contributed by atoms with Crippen LogP contribution in [-0.2, 0) is 18.3 Å². The van der Waals surface area contributed by atoms with Crippen molar-refractivity contribution in [3.05, 3.63) is 65.1 Å². The summed E-state index contributed by atoms with van der Waals surface area (Å²) < 4.78 is 60.6. The van der Waals surface area contributed by atoms with E-state index < -0.39 is 35.4 Å². The second kappa shape index (κ2) is 7.12. The maximum absolute atomic E-state index is 14.1. The minimum atomic E-state index is -4.62. The number of hydrogen-bond donors (Lipinski definition) is 1. The summed E-state index contributed by atoms with van der Waals surface area (Å²) in [6.07, 6.45) is -2.77. The number of alkyl halides is 4. The summed E-state index contributed by atoms with van der Waals surface area (Å²) in [5.41, 5.74) is -1.34. The molecule has 1 N–H and O–H groups in total. The average Bonchev–Trinajstić information content (AvgIpc) is 3.49. The van der Waals surface area contributed by atoms with E-state index in [-0.39, 0.29) is 23.6 Å². The molecule has 0 bridgehead atoms. The van der Waals surface area contributed by atoms with Crippen molar-refractivity contribution in [1.82, 2.24) is 34.7 Å². The molecular formula is C20H17F4N7O2.